The lowest BCUT2D eigenvalue weighted by Gasteiger charge is -1.84. The molecule has 1 rings (SSSR count). The van der Waals surface area contributed by atoms with Crippen LogP contribution in [0.4, 0.5) is 0 Å². The molecule has 0 unspecified atom stereocenters. The maximum absolute atomic E-state index is 4.75. The molecule has 0 N–H and O–H groups in total. The Morgan fingerprint density at radius 3 is 3.00 bits per heavy atom. The normalized spacial score (nSPS) is 8.71. The molecule has 7 heavy (non-hydrogen) atoms. The minimum Gasteiger partial charge on any atom is -0.480 e. The summed E-state index contributed by atoms with van der Waals surface area (Å²) in [7, 11) is 1.61. The predicted molar refractivity (Wildman–Crippen MR) is 28.7 cm³/mol. The Kier molecular flexibility index (Phi) is 1.26. The van der Waals surface area contributed by atoms with Crippen molar-refractivity contribution in [3.63, 3.8) is 0 Å². The van der Waals surface area contributed by atoms with Crippen molar-refractivity contribution >= 4 is 11.5 Å². The van der Waals surface area contributed by atoms with Gasteiger partial charge in [-0.2, -0.15) is 4.37 Å². The first-order valence-corrected chi connectivity index (χ1v) is 2.71. The van der Waals surface area contributed by atoms with E-state index in [1.54, 1.807) is 7.11 Å². The summed E-state index contributed by atoms with van der Waals surface area (Å²) in [5.74, 6) is 0.699. The van der Waals surface area contributed by atoms with E-state index in [2.05, 4.69) is 4.37 Å². The number of aromatic nitrogens is 1. The van der Waals surface area contributed by atoms with Crippen molar-refractivity contribution in [2.24, 2.45) is 0 Å². The Hall–Kier alpha value is -0.570. The van der Waals surface area contributed by atoms with Crippen molar-refractivity contribution in [3.8, 4) is 5.88 Å². The molecule has 0 amide bonds. The van der Waals surface area contributed by atoms with Gasteiger partial charge in [-0.05, 0) is 11.5 Å². The summed E-state index contributed by atoms with van der Waals surface area (Å²) in [6.45, 7) is 0. The molecule has 0 aromatic carbocycles. The van der Waals surface area contributed by atoms with Crippen molar-refractivity contribution in [1.82, 2.24) is 4.37 Å². The minimum absolute atomic E-state index is 0.699. The zero-order valence-electron chi connectivity index (χ0n) is 3.92. The van der Waals surface area contributed by atoms with Gasteiger partial charge < -0.3 is 4.74 Å². The number of hydrogen-bond donors (Lipinski definition) is 0. The summed E-state index contributed by atoms with van der Waals surface area (Å²) in [5, 5.41) is 1.87. The number of hydrogen-bond acceptors (Lipinski definition) is 3. The van der Waals surface area contributed by atoms with Gasteiger partial charge in [0.2, 0.25) is 5.88 Å². The molecule has 1 aromatic rings. The second kappa shape index (κ2) is 1.93. The van der Waals surface area contributed by atoms with Gasteiger partial charge in [0.05, 0.1) is 7.11 Å². The molecule has 3 heteroatoms. The predicted octanol–water partition coefficient (Wildman–Crippen LogP) is 1.15. The molecule has 1 heterocycles. The number of rotatable bonds is 1. The lowest BCUT2D eigenvalue weighted by molar-refractivity contribution is 0.402. The third-order valence-corrected chi connectivity index (χ3v) is 1.17. The van der Waals surface area contributed by atoms with E-state index < -0.39 is 0 Å². The number of nitrogens with zero attached hydrogens (tertiary/aromatic N) is 1. The smallest absolute Gasteiger partial charge is 0.224 e. The largest absolute Gasteiger partial charge is 0.480 e. The van der Waals surface area contributed by atoms with Crippen molar-refractivity contribution in [2.75, 3.05) is 7.11 Å². The fourth-order valence-corrected chi connectivity index (χ4v) is 0.784. The van der Waals surface area contributed by atoms with Crippen LogP contribution in [0.25, 0.3) is 0 Å². The standard InChI is InChI=1S/C4H5NOS/c1-6-4-2-3-7-5-4/h2-3H,1H3. The van der Waals surface area contributed by atoms with Gasteiger partial charge in [0.15, 0.2) is 0 Å². The van der Waals surface area contributed by atoms with Gasteiger partial charge in [0.25, 0.3) is 0 Å². The Labute approximate surface area is 45.9 Å². The van der Waals surface area contributed by atoms with E-state index >= 15 is 0 Å². The highest BCUT2D eigenvalue weighted by Gasteiger charge is 1.85. The number of ether oxygens (including phenoxy) is 1. The summed E-state index contributed by atoms with van der Waals surface area (Å²) in [6, 6.07) is 1.82. The molecule has 2 nitrogen and oxygen atoms in total. The summed E-state index contributed by atoms with van der Waals surface area (Å²) < 4.78 is 8.61. The van der Waals surface area contributed by atoms with Crippen LogP contribution in [0, 0.1) is 0 Å². The molecular formula is C4H5NOS. The topological polar surface area (TPSA) is 22.1 Å². The average molecular weight is 115 g/mol. The number of methoxy groups -OCH3 is 1. The first kappa shape index (κ1) is 4.59. The van der Waals surface area contributed by atoms with E-state index in [-0.39, 0.29) is 0 Å². The third kappa shape index (κ3) is 0.899. The average Bonchev–Trinajstić information content (AvgIpc) is 2.14. The Morgan fingerprint density at radius 1 is 1.86 bits per heavy atom. The van der Waals surface area contributed by atoms with Gasteiger partial charge in [-0.1, -0.05) is 0 Å². The van der Waals surface area contributed by atoms with E-state index in [1.807, 2.05) is 11.4 Å². The van der Waals surface area contributed by atoms with E-state index in [1.165, 1.54) is 11.5 Å². The van der Waals surface area contributed by atoms with Gasteiger partial charge in [-0.15, -0.1) is 0 Å². The summed E-state index contributed by atoms with van der Waals surface area (Å²) in [4.78, 5) is 0. The first-order chi connectivity index (χ1) is 3.43. The minimum atomic E-state index is 0.699. The second-order valence-corrected chi connectivity index (χ2v) is 1.71. The summed E-state index contributed by atoms with van der Waals surface area (Å²) in [5.41, 5.74) is 0. The van der Waals surface area contributed by atoms with Crippen LogP contribution in [0.15, 0.2) is 11.4 Å². The molecule has 0 atom stereocenters. The third-order valence-electron chi connectivity index (χ3n) is 0.623. The van der Waals surface area contributed by atoms with Gasteiger partial charge in [0.1, 0.15) is 0 Å². The fourth-order valence-electron chi connectivity index (χ4n) is 0.307. The van der Waals surface area contributed by atoms with E-state index in [4.69, 9.17) is 4.74 Å². The SMILES string of the molecule is COc1ccsn1. The van der Waals surface area contributed by atoms with Crippen LogP contribution in [-0.2, 0) is 0 Å². The van der Waals surface area contributed by atoms with Crippen LogP contribution in [0.1, 0.15) is 0 Å². The Bertz CT molecular complexity index is 126. The van der Waals surface area contributed by atoms with Crippen LogP contribution in [0.5, 0.6) is 5.88 Å². The Balaban J connectivity index is 2.76. The van der Waals surface area contributed by atoms with Crippen LogP contribution in [-0.4, -0.2) is 11.5 Å². The molecule has 0 spiro atoms. The van der Waals surface area contributed by atoms with Gasteiger partial charge in [-0.3, -0.25) is 0 Å². The van der Waals surface area contributed by atoms with Gasteiger partial charge in [-0.25, -0.2) is 0 Å². The van der Waals surface area contributed by atoms with Crippen molar-refractivity contribution in [3.05, 3.63) is 11.4 Å². The summed E-state index contributed by atoms with van der Waals surface area (Å²) in [6.07, 6.45) is 0. The maximum atomic E-state index is 4.75. The molecule has 0 aliphatic carbocycles. The molecule has 0 aliphatic rings. The van der Waals surface area contributed by atoms with Gasteiger partial charge >= 0.3 is 0 Å². The highest BCUT2D eigenvalue weighted by atomic mass is 32.1. The van der Waals surface area contributed by atoms with Crippen LogP contribution in [0.2, 0.25) is 0 Å². The first-order valence-electron chi connectivity index (χ1n) is 1.88. The summed E-state index contributed by atoms with van der Waals surface area (Å²) >= 11 is 1.39. The molecule has 0 radical (unpaired) electrons. The zero-order chi connectivity index (χ0) is 5.11. The van der Waals surface area contributed by atoms with E-state index in [0.717, 1.165) is 0 Å². The van der Waals surface area contributed by atoms with Gasteiger partial charge in [0, 0.05) is 11.4 Å². The van der Waals surface area contributed by atoms with Crippen LogP contribution in [0.3, 0.4) is 0 Å². The van der Waals surface area contributed by atoms with Crippen LogP contribution < -0.4 is 4.74 Å². The molecule has 0 fully saturated rings. The van der Waals surface area contributed by atoms with E-state index in [9.17, 15) is 0 Å². The molecule has 0 saturated carbocycles. The zero-order valence-corrected chi connectivity index (χ0v) is 4.73. The Morgan fingerprint density at radius 2 is 2.71 bits per heavy atom. The van der Waals surface area contributed by atoms with Crippen LogP contribution >= 0.6 is 11.5 Å². The molecule has 38 valence electrons. The monoisotopic (exact) mass is 115 g/mol. The van der Waals surface area contributed by atoms with E-state index in [0.29, 0.717) is 5.88 Å². The maximum Gasteiger partial charge on any atom is 0.224 e. The van der Waals surface area contributed by atoms with Crippen molar-refractivity contribution in [1.29, 1.82) is 0 Å². The molecule has 1 aromatic heterocycles. The highest BCUT2D eigenvalue weighted by Crippen LogP contribution is 2.06. The lowest BCUT2D eigenvalue weighted by atomic mass is 10.7. The van der Waals surface area contributed by atoms with Crippen molar-refractivity contribution in [2.45, 2.75) is 0 Å². The molecular weight excluding hydrogens is 110 g/mol. The highest BCUT2D eigenvalue weighted by molar-refractivity contribution is 7.03. The lowest BCUT2D eigenvalue weighted by Crippen LogP contribution is -1.77. The molecule has 0 saturated heterocycles. The van der Waals surface area contributed by atoms with Crippen molar-refractivity contribution < 1.29 is 4.74 Å². The molecule has 0 bridgehead atoms. The molecule has 0 aliphatic heterocycles. The quantitative estimate of drug-likeness (QED) is 0.547. The fraction of sp³-hybridized carbons (Fsp3) is 0.250. The second-order valence-electron chi connectivity index (χ2n) is 1.04.